The van der Waals surface area contributed by atoms with Crippen LogP contribution >= 0.6 is 0 Å². The molecule has 0 saturated carbocycles. The Hall–Kier alpha value is -4.50. The van der Waals surface area contributed by atoms with E-state index in [9.17, 15) is 24.3 Å². The van der Waals surface area contributed by atoms with Gasteiger partial charge in [0.1, 0.15) is 11.5 Å². The van der Waals surface area contributed by atoms with Crippen LogP contribution in [0.3, 0.4) is 0 Å². The van der Waals surface area contributed by atoms with Crippen molar-refractivity contribution in [2.75, 3.05) is 43.2 Å². The Morgan fingerprint density at radius 1 is 0.930 bits per heavy atom. The number of anilines is 2. The Balaban J connectivity index is 1.29. The number of ether oxygens (including phenoxy) is 2. The van der Waals surface area contributed by atoms with E-state index in [1.54, 1.807) is 31.2 Å². The van der Waals surface area contributed by atoms with Crippen molar-refractivity contribution in [1.29, 1.82) is 0 Å². The molecule has 2 saturated heterocycles. The maximum absolute atomic E-state index is 14.2. The van der Waals surface area contributed by atoms with Crippen LogP contribution < -0.4 is 14.5 Å². The molecule has 43 heavy (non-hydrogen) atoms. The fraction of sp³-hybridized carbons (Fsp3) is 0.353. The lowest BCUT2D eigenvalue weighted by atomic mass is 9.59. The zero-order valence-electron chi connectivity index (χ0n) is 24.0. The molecule has 220 valence electrons. The first-order valence-corrected chi connectivity index (χ1v) is 14.7. The van der Waals surface area contributed by atoms with E-state index < -0.39 is 23.7 Å². The summed E-state index contributed by atoms with van der Waals surface area (Å²) in [5.74, 6) is -3.36. The highest BCUT2D eigenvalue weighted by Crippen LogP contribution is 2.57. The van der Waals surface area contributed by atoms with Gasteiger partial charge in [-0.15, -0.1) is 0 Å². The molecule has 7 rings (SSSR count). The van der Waals surface area contributed by atoms with E-state index in [1.165, 1.54) is 24.2 Å². The van der Waals surface area contributed by atoms with E-state index in [1.807, 2.05) is 18.2 Å². The lowest BCUT2D eigenvalue weighted by Gasteiger charge is -2.42. The fourth-order valence-corrected chi connectivity index (χ4v) is 7.60. The number of imide groups is 1. The first-order valence-electron chi connectivity index (χ1n) is 14.7. The van der Waals surface area contributed by atoms with Crippen molar-refractivity contribution >= 4 is 34.8 Å². The second kappa shape index (κ2) is 10.3. The van der Waals surface area contributed by atoms with Gasteiger partial charge in [0.25, 0.3) is 0 Å². The molecule has 3 aliphatic carbocycles. The largest absolute Gasteiger partial charge is 0.507 e. The summed E-state index contributed by atoms with van der Waals surface area (Å²) in [5, 5.41) is 11.1. The van der Waals surface area contributed by atoms with Crippen LogP contribution in [-0.4, -0.2) is 61.9 Å². The number of carbonyl (C=O) groups is 4. The molecule has 2 aromatic carbocycles. The topological polar surface area (TPSA) is 113 Å². The van der Waals surface area contributed by atoms with Gasteiger partial charge in [-0.05, 0) is 68.2 Å². The molecule has 0 aromatic heterocycles. The number of benzene rings is 2. The van der Waals surface area contributed by atoms with Gasteiger partial charge >= 0.3 is 0 Å². The first kappa shape index (κ1) is 27.3. The minimum absolute atomic E-state index is 0.0674. The predicted octanol–water partition coefficient (Wildman–Crippen LogP) is 3.87. The number of hydrogen-bond acceptors (Lipinski definition) is 8. The number of ketones is 2. The molecular formula is C34H32N2O7. The molecule has 9 heteroatoms. The number of methoxy groups -OCH3 is 1. The van der Waals surface area contributed by atoms with Crippen LogP contribution in [-0.2, 0) is 23.9 Å². The number of rotatable bonds is 4. The Bertz CT molecular complexity index is 1660. The van der Waals surface area contributed by atoms with E-state index in [0.29, 0.717) is 53.4 Å². The summed E-state index contributed by atoms with van der Waals surface area (Å²) in [6, 6.07) is 12.3. The molecule has 0 unspecified atom stereocenters. The zero-order chi connectivity index (χ0) is 30.0. The van der Waals surface area contributed by atoms with Crippen LogP contribution in [0.15, 0.2) is 76.9 Å². The normalized spacial score (nSPS) is 27.0. The summed E-state index contributed by atoms with van der Waals surface area (Å²) in [5.41, 5.74) is 3.65. The van der Waals surface area contributed by atoms with Crippen LogP contribution in [0.2, 0.25) is 0 Å². The minimum atomic E-state index is -0.781. The number of carbonyl (C=O) groups excluding carboxylic acids is 4. The maximum Gasteiger partial charge on any atom is 0.238 e. The van der Waals surface area contributed by atoms with E-state index >= 15 is 0 Å². The monoisotopic (exact) mass is 580 g/mol. The van der Waals surface area contributed by atoms with Crippen molar-refractivity contribution < 1.29 is 33.8 Å². The van der Waals surface area contributed by atoms with Crippen molar-refractivity contribution in [3.8, 4) is 11.5 Å². The molecule has 4 atom stereocenters. The average molecular weight is 581 g/mol. The fourth-order valence-electron chi connectivity index (χ4n) is 7.60. The highest BCUT2D eigenvalue weighted by molar-refractivity contribution is 6.25. The number of aromatic hydroxyl groups is 1. The van der Waals surface area contributed by atoms with Crippen molar-refractivity contribution in [3.05, 3.63) is 82.5 Å². The lowest BCUT2D eigenvalue weighted by molar-refractivity contribution is -0.123. The van der Waals surface area contributed by atoms with Crippen LogP contribution in [0.25, 0.3) is 0 Å². The summed E-state index contributed by atoms with van der Waals surface area (Å²) in [4.78, 5) is 58.5. The van der Waals surface area contributed by atoms with Gasteiger partial charge in [0.2, 0.25) is 11.8 Å². The van der Waals surface area contributed by atoms with Crippen molar-refractivity contribution in [3.63, 3.8) is 0 Å². The van der Waals surface area contributed by atoms with Gasteiger partial charge in [-0.2, -0.15) is 0 Å². The van der Waals surface area contributed by atoms with Gasteiger partial charge in [-0.3, -0.25) is 24.1 Å². The summed E-state index contributed by atoms with van der Waals surface area (Å²) in [6.45, 7) is 4.47. The first-order chi connectivity index (χ1) is 20.8. The number of amides is 2. The van der Waals surface area contributed by atoms with E-state index in [-0.39, 0.29) is 35.6 Å². The van der Waals surface area contributed by atoms with Gasteiger partial charge in [-0.1, -0.05) is 17.7 Å². The Kier molecular flexibility index (Phi) is 6.58. The SMILES string of the molecule is COc1cccc(O)c1[C@H]1C2=CC[C@@H]3C(=O)N(c4ccc(N5CCOCC5)cc4)C(=O)[C@@H]3[C@@H]2CC2=C1C(=O)C=C(C)C2=O. The van der Waals surface area contributed by atoms with Gasteiger partial charge in [0, 0.05) is 47.0 Å². The number of hydrogen-bond donors (Lipinski definition) is 1. The zero-order valence-corrected chi connectivity index (χ0v) is 24.0. The number of Topliss-reactive ketones (excluding diaryl/α,β-unsaturated/α-hetero) is 1. The van der Waals surface area contributed by atoms with Crippen LogP contribution in [0.1, 0.15) is 31.2 Å². The highest BCUT2D eigenvalue weighted by Gasteiger charge is 2.57. The summed E-state index contributed by atoms with van der Waals surface area (Å²) in [7, 11) is 1.48. The second-order valence-corrected chi connectivity index (χ2v) is 11.7. The maximum atomic E-state index is 14.2. The number of morpholine rings is 1. The van der Waals surface area contributed by atoms with Crippen LogP contribution in [0, 0.1) is 17.8 Å². The standard InChI is InChI=1S/C34H32N2O7/c1-18-16-26(38)29-24(32(18)39)17-23-21(30(29)31-25(37)4-3-5-27(31)42-2)10-11-22-28(23)34(41)36(33(22)40)20-8-6-19(7-9-20)35-12-14-43-15-13-35/h3-10,16,22-23,28,30,37H,11-15,17H2,1-2H3/t22-,23+,28-,30-/m0/s1. The third-order valence-corrected chi connectivity index (χ3v) is 9.60. The predicted molar refractivity (Wildman–Crippen MR) is 158 cm³/mol. The van der Waals surface area contributed by atoms with E-state index in [0.717, 1.165) is 24.4 Å². The summed E-state index contributed by atoms with van der Waals surface area (Å²) >= 11 is 0. The lowest BCUT2D eigenvalue weighted by Crippen LogP contribution is -2.40. The van der Waals surface area contributed by atoms with Crippen LogP contribution in [0.4, 0.5) is 11.4 Å². The molecule has 2 amide bonds. The molecular weight excluding hydrogens is 548 g/mol. The molecule has 2 aromatic rings. The van der Waals surface area contributed by atoms with E-state index in [4.69, 9.17) is 9.47 Å². The number of allylic oxidation sites excluding steroid dienone is 6. The van der Waals surface area contributed by atoms with Gasteiger partial charge < -0.3 is 19.5 Å². The number of fused-ring (bicyclic) bond motifs is 3. The molecule has 0 bridgehead atoms. The minimum Gasteiger partial charge on any atom is -0.507 e. The highest BCUT2D eigenvalue weighted by atomic mass is 16.5. The van der Waals surface area contributed by atoms with Crippen molar-refractivity contribution in [2.24, 2.45) is 17.8 Å². The van der Waals surface area contributed by atoms with Crippen molar-refractivity contribution in [1.82, 2.24) is 0 Å². The molecule has 2 heterocycles. The van der Waals surface area contributed by atoms with E-state index in [2.05, 4.69) is 4.90 Å². The number of phenols is 1. The number of phenolic OH excluding ortho intramolecular Hbond substituents is 1. The summed E-state index contributed by atoms with van der Waals surface area (Å²) in [6.07, 6.45) is 3.77. The van der Waals surface area contributed by atoms with Crippen LogP contribution in [0.5, 0.6) is 11.5 Å². The Morgan fingerprint density at radius 3 is 2.37 bits per heavy atom. The number of nitrogens with zero attached hydrogens (tertiary/aromatic N) is 2. The molecule has 5 aliphatic rings. The smallest absolute Gasteiger partial charge is 0.238 e. The Morgan fingerprint density at radius 2 is 1.65 bits per heavy atom. The quantitative estimate of drug-likeness (QED) is 0.330. The molecule has 2 fully saturated rings. The third-order valence-electron chi connectivity index (χ3n) is 9.60. The Labute approximate surface area is 249 Å². The van der Waals surface area contributed by atoms with Gasteiger partial charge in [-0.25, -0.2) is 0 Å². The molecule has 0 radical (unpaired) electrons. The third kappa shape index (κ3) is 4.17. The molecule has 1 N–H and O–H groups in total. The molecule has 0 spiro atoms. The molecule has 2 aliphatic heterocycles. The average Bonchev–Trinajstić information content (AvgIpc) is 3.28. The molecule has 9 nitrogen and oxygen atoms in total. The second-order valence-electron chi connectivity index (χ2n) is 11.7. The summed E-state index contributed by atoms with van der Waals surface area (Å²) < 4.78 is 11.1. The van der Waals surface area contributed by atoms with Crippen molar-refractivity contribution in [2.45, 2.75) is 25.7 Å². The van der Waals surface area contributed by atoms with Gasteiger partial charge in [0.05, 0.1) is 37.8 Å². The van der Waals surface area contributed by atoms with Gasteiger partial charge in [0.15, 0.2) is 11.6 Å².